The van der Waals surface area contributed by atoms with Gasteiger partial charge in [-0.3, -0.25) is 0 Å². The summed E-state index contributed by atoms with van der Waals surface area (Å²) in [5.74, 6) is 0. The van der Waals surface area contributed by atoms with Gasteiger partial charge in [0.1, 0.15) is 5.58 Å². The van der Waals surface area contributed by atoms with Gasteiger partial charge in [-0.15, -0.1) is 0 Å². The molecule has 32 heavy (non-hydrogen) atoms. The largest absolute Gasteiger partial charge is 0.423 e. The molecule has 1 fully saturated rings. The Labute approximate surface area is 188 Å². The average Bonchev–Trinajstić information content (AvgIpc) is 2.82. The van der Waals surface area contributed by atoms with Crippen LogP contribution in [0.1, 0.15) is 18.1 Å². The minimum Gasteiger partial charge on any atom is -0.423 e. The number of hydrogen-bond donors (Lipinski definition) is 1. The normalized spacial score (nSPS) is 14.9. The Morgan fingerprint density at radius 2 is 1.78 bits per heavy atom. The number of fused-ring (bicyclic) bond motifs is 3. The topological polar surface area (TPSA) is 48.7 Å². The van der Waals surface area contributed by atoms with Crippen LogP contribution in [0, 0.1) is 6.92 Å². The van der Waals surface area contributed by atoms with Crippen LogP contribution in [-0.2, 0) is 6.54 Å². The minimum atomic E-state index is -0.317. The van der Waals surface area contributed by atoms with Gasteiger partial charge >= 0.3 is 5.63 Å². The molecule has 0 bridgehead atoms. The van der Waals surface area contributed by atoms with Gasteiger partial charge in [-0.25, -0.2) is 4.79 Å². The van der Waals surface area contributed by atoms with E-state index in [4.69, 9.17) is 4.42 Å². The molecule has 5 rings (SSSR count). The highest BCUT2D eigenvalue weighted by Gasteiger charge is 2.17. The lowest BCUT2D eigenvalue weighted by Gasteiger charge is -2.36. The summed E-state index contributed by atoms with van der Waals surface area (Å²) in [7, 11) is 0. The van der Waals surface area contributed by atoms with Crippen molar-refractivity contribution >= 4 is 33.1 Å². The van der Waals surface area contributed by atoms with Gasteiger partial charge in [-0.05, 0) is 59.6 Å². The number of rotatable bonds is 5. The first-order chi connectivity index (χ1) is 15.6. The molecule has 1 saturated heterocycles. The van der Waals surface area contributed by atoms with Crippen LogP contribution in [0.25, 0.3) is 21.7 Å². The Morgan fingerprint density at radius 1 is 0.969 bits per heavy atom. The van der Waals surface area contributed by atoms with Gasteiger partial charge < -0.3 is 19.5 Å². The second-order valence-electron chi connectivity index (χ2n) is 8.53. The molecule has 0 atom stereocenters. The van der Waals surface area contributed by atoms with Crippen LogP contribution < -0.4 is 15.8 Å². The van der Waals surface area contributed by atoms with E-state index in [2.05, 4.69) is 59.3 Å². The molecule has 4 aromatic rings. The molecule has 3 aromatic carbocycles. The maximum absolute atomic E-state index is 12.2. The zero-order chi connectivity index (χ0) is 22.1. The molecule has 0 spiro atoms. The van der Waals surface area contributed by atoms with Crippen LogP contribution in [0.2, 0.25) is 0 Å². The smallest absolute Gasteiger partial charge is 0.336 e. The molecule has 5 nitrogen and oxygen atoms in total. The minimum absolute atomic E-state index is 0.317. The third-order valence-electron chi connectivity index (χ3n) is 6.55. The molecule has 1 aliphatic rings. The van der Waals surface area contributed by atoms with Gasteiger partial charge in [-0.2, -0.15) is 0 Å². The molecule has 5 heteroatoms. The van der Waals surface area contributed by atoms with Gasteiger partial charge in [-0.1, -0.05) is 37.3 Å². The van der Waals surface area contributed by atoms with Crippen molar-refractivity contribution in [1.29, 1.82) is 0 Å². The van der Waals surface area contributed by atoms with Gasteiger partial charge in [0.25, 0.3) is 0 Å². The Hall–Kier alpha value is -3.31. The summed E-state index contributed by atoms with van der Waals surface area (Å²) in [4.78, 5) is 17.1. The van der Waals surface area contributed by atoms with E-state index in [9.17, 15) is 4.79 Å². The predicted molar refractivity (Wildman–Crippen MR) is 133 cm³/mol. The van der Waals surface area contributed by atoms with E-state index in [-0.39, 0.29) is 5.63 Å². The standard InChI is InChI=1S/C27H29N3O2/c1-3-29-12-14-30(15-13-29)24-10-9-22(16-19(24)2)28-18-21-17-26(31)32-25-11-8-20-6-4-5-7-23(20)27(21)25/h4-11,16-17,28H,3,12-15,18H2,1-2H3. The third kappa shape index (κ3) is 3.96. The monoisotopic (exact) mass is 427 g/mol. The fourth-order valence-corrected chi connectivity index (χ4v) is 4.78. The fourth-order valence-electron chi connectivity index (χ4n) is 4.78. The van der Waals surface area contributed by atoms with Gasteiger partial charge in [0.15, 0.2) is 0 Å². The zero-order valence-corrected chi connectivity index (χ0v) is 18.7. The van der Waals surface area contributed by atoms with Crippen LogP contribution in [0.4, 0.5) is 11.4 Å². The summed E-state index contributed by atoms with van der Waals surface area (Å²) in [5.41, 5.74) is 4.89. The van der Waals surface area contributed by atoms with Crippen LogP contribution in [0.3, 0.4) is 0 Å². The maximum atomic E-state index is 12.2. The van der Waals surface area contributed by atoms with E-state index in [1.165, 1.54) is 11.3 Å². The van der Waals surface area contributed by atoms with E-state index in [1.54, 1.807) is 6.07 Å². The molecular weight excluding hydrogens is 398 g/mol. The van der Waals surface area contributed by atoms with Crippen LogP contribution >= 0.6 is 0 Å². The molecule has 0 saturated carbocycles. The Kier molecular flexibility index (Phi) is 5.58. The number of hydrogen-bond acceptors (Lipinski definition) is 5. The molecular formula is C27H29N3O2. The molecule has 0 aliphatic carbocycles. The summed E-state index contributed by atoms with van der Waals surface area (Å²) in [6.45, 7) is 10.5. The van der Waals surface area contributed by atoms with Crippen molar-refractivity contribution < 1.29 is 4.42 Å². The summed E-state index contributed by atoms with van der Waals surface area (Å²) in [5, 5.41) is 6.76. The van der Waals surface area contributed by atoms with Crippen molar-refractivity contribution in [2.75, 3.05) is 42.9 Å². The highest BCUT2D eigenvalue weighted by atomic mass is 16.4. The van der Waals surface area contributed by atoms with Crippen molar-refractivity contribution in [3.63, 3.8) is 0 Å². The second-order valence-corrected chi connectivity index (χ2v) is 8.53. The van der Waals surface area contributed by atoms with E-state index >= 15 is 0 Å². The number of benzene rings is 3. The Balaban J connectivity index is 1.40. The number of nitrogens with one attached hydrogen (secondary N) is 1. The quantitative estimate of drug-likeness (QED) is 0.358. The van der Waals surface area contributed by atoms with Gasteiger partial charge in [0.2, 0.25) is 0 Å². The van der Waals surface area contributed by atoms with E-state index in [0.29, 0.717) is 12.1 Å². The summed E-state index contributed by atoms with van der Waals surface area (Å²) in [6.07, 6.45) is 0. The summed E-state index contributed by atoms with van der Waals surface area (Å²) in [6, 6.07) is 20.3. The highest BCUT2D eigenvalue weighted by Crippen LogP contribution is 2.29. The van der Waals surface area contributed by atoms with Crippen LogP contribution in [0.15, 0.2) is 69.9 Å². The second kappa shape index (κ2) is 8.67. The van der Waals surface area contributed by atoms with Gasteiger partial charge in [0.05, 0.1) is 0 Å². The van der Waals surface area contributed by atoms with Crippen molar-refractivity contribution in [1.82, 2.24) is 4.90 Å². The zero-order valence-electron chi connectivity index (χ0n) is 18.7. The Bertz CT molecular complexity index is 1320. The third-order valence-corrected chi connectivity index (χ3v) is 6.55. The molecule has 0 radical (unpaired) electrons. The first kappa shape index (κ1) is 20.6. The number of nitrogens with zero attached hydrogens (tertiary/aromatic N) is 2. The van der Waals surface area contributed by atoms with Crippen molar-refractivity contribution in [3.05, 3.63) is 82.2 Å². The van der Waals surface area contributed by atoms with E-state index in [1.807, 2.05) is 24.3 Å². The predicted octanol–water partition coefficient (Wildman–Crippen LogP) is 5.01. The molecule has 0 unspecified atom stereocenters. The van der Waals surface area contributed by atoms with E-state index < -0.39 is 0 Å². The summed E-state index contributed by atoms with van der Waals surface area (Å²) >= 11 is 0. The molecule has 164 valence electrons. The van der Waals surface area contributed by atoms with Crippen molar-refractivity contribution in [2.45, 2.75) is 20.4 Å². The number of aryl methyl sites for hydroxylation is 1. The van der Waals surface area contributed by atoms with Gasteiger partial charge in [0, 0.05) is 55.6 Å². The fraction of sp³-hybridized carbons (Fsp3) is 0.296. The van der Waals surface area contributed by atoms with Crippen molar-refractivity contribution in [2.24, 2.45) is 0 Å². The highest BCUT2D eigenvalue weighted by molar-refractivity contribution is 6.07. The van der Waals surface area contributed by atoms with E-state index in [0.717, 1.165) is 60.1 Å². The Morgan fingerprint density at radius 3 is 2.56 bits per heavy atom. The molecule has 0 amide bonds. The van der Waals surface area contributed by atoms with Crippen LogP contribution in [0.5, 0.6) is 0 Å². The average molecular weight is 428 g/mol. The number of piperazine rings is 1. The first-order valence-corrected chi connectivity index (χ1v) is 11.4. The lowest BCUT2D eigenvalue weighted by Crippen LogP contribution is -2.46. The SMILES string of the molecule is CCN1CCN(c2ccc(NCc3cc(=O)oc4ccc5ccccc5c34)cc2C)CC1. The molecule has 2 heterocycles. The van der Waals surface area contributed by atoms with Crippen molar-refractivity contribution in [3.8, 4) is 0 Å². The summed E-state index contributed by atoms with van der Waals surface area (Å²) < 4.78 is 5.49. The number of anilines is 2. The number of likely N-dealkylation sites (N-methyl/N-ethyl adjacent to an activating group) is 1. The van der Waals surface area contributed by atoms with Crippen LogP contribution in [-0.4, -0.2) is 37.6 Å². The molecule has 1 N–H and O–H groups in total. The lowest BCUT2D eigenvalue weighted by atomic mass is 10.0. The molecule has 1 aromatic heterocycles. The maximum Gasteiger partial charge on any atom is 0.336 e. The first-order valence-electron chi connectivity index (χ1n) is 11.4. The lowest BCUT2D eigenvalue weighted by molar-refractivity contribution is 0.271. The molecule has 1 aliphatic heterocycles.